The number of allylic oxidation sites excluding steroid dienone is 1. The van der Waals surface area contributed by atoms with Gasteiger partial charge in [-0.15, -0.1) is 0 Å². The molecule has 2 heteroatoms. The first-order valence-corrected chi connectivity index (χ1v) is 6.73. The molecule has 100 valence electrons. The Morgan fingerprint density at radius 1 is 1.33 bits per heavy atom. The molecule has 2 nitrogen and oxygen atoms in total. The second-order valence-electron chi connectivity index (χ2n) is 4.81. The van der Waals surface area contributed by atoms with Gasteiger partial charge in [-0.1, -0.05) is 30.7 Å². The van der Waals surface area contributed by atoms with E-state index in [0.717, 1.165) is 18.7 Å². The van der Waals surface area contributed by atoms with E-state index >= 15 is 0 Å². The maximum Gasteiger partial charge on any atom is 0.124 e. The van der Waals surface area contributed by atoms with E-state index in [2.05, 4.69) is 51.2 Å². The zero-order valence-electron chi connectivity index (χ0n) is 12.0. The molecule has 0 aliphatic heterocycles. The SMILES string of the molecule is CCCNC(C)c1ccccc1OCC=C(C)C. The van der Waals surface area contributed by atoms with E-state index in [9.17, 15) is 0 Å². The number of hydrogen-bond donors (Lipinski definition) is 1. The molecular formula is C16H25NO. The quantitative estimate of drug-likeness (QED) is 0.733. The molecule has 1 aromatic carbocycles. The first-order valence-electron chi connectivity index (χ1n) is 6.73. The molecule has 0 amide bonds. The summed E-state index contributed by atoms with van der Waals surface area (Å²) in [6, 6.07) is 8.58. The third kappa shape index (κ3) is 4.92. The second kappa shape index (κ2) is 7.93. The van der Waals surface area contributed by atoms with Gasteiger partial charge in [0.2, 0.25) is 0 Å². The van der Waals surface area contributed by atoms with Gasteiger partial charge in [-0.2, -0.15) is 0 Å². The van der Waals surface area contributed by atoms with Gasteiger partial charge in [-0.25, -0.2) is 0 Å². The molecule has 0 aliphatic rings. The van der Waals surface area contributed by atoms with Gasteiger partial charge in [0.15, 0.2) is 0 Å². The Labute approximate surface area is 111 Å². The Balaban J connectivity index is 2.69. The fourth-order valence-electron chi connectivity index (χ4n) is 1.74. The summed E-state index contributed by atoms with van der Waals surface area (Å²) in [7, 11) is 0. The molecular weight excluding hydrogens is 222 g/mol. The predicted molar refractivity (Wildman–Crippen MR) is 78.1 cm³/mol. The highest BCUT2D eigenvalue weighted by Gasteiger charge is 2.09. The van der Waals surface area contributed by atoms with Crippen LogP contribution in [0.3, 0.4) is 0 Å². The first-order chi connectivity index (χ1) is 8.65. The standard InChI is InChI=1S/C16H25NO/c1-5-11-17-14(4)15-8-6-7-9-16(15)18-12-10-13(2)3/h6-10,14,17H,5,11-12H2,1-4H3. The van der Waals surface area contributed by atoms with Crippen LogP contribution < -0.4 is 10.1 Å². The highest BCUT2D eigenvalue weighted by molar-refractivity contribution is 5.35. The van der Waals surface area contributed by atoms with Gasteiger partial charge in [0, 0.05) is 11.6 Å². The molecule has 1 rings (SSSR count). The summed E-state index contributed by atoms with van der Waals surface area (Å²) in [5.41, 5.74) is 2.51. The van der Waals surface area contributed by atoms with Crippen molar-refractivity contribution in [3.8, 4) is 5.75 Å². The van der Waals surface area contributed by atoms with Crippen LogP contribution >= 0.6 is 0 Å². The number of para-hydroxylation sites is 1. The van der Waals surface area contributed by atoms with E-state index in [4.69, 9.17) is 4.74 Å². The predicted octanol–water partition coefficient (Wildman–Crippen LogP) is 4.09. The van der Waals surface area contributed by atoms with E-state index in [1.807, 2.05) is 12.1 Å². The molecule has 1 atom stereocenters. The Hall–Kier alpha value is -1.28. The van der Waals surface area contributed by atoms with Crippen LogP contribution in [0.2, 0.25) is 0 Å². The molecule has 0 heterocycles. The molecule has 0 bridgehead atoms. The van der Waals surface area contributed by atoms with Crippen molar-refractivity contribution in [3.63, 3.8) is 0 Å². The molecule has 0 saturated heterocycles. The van der Waals surface area contributed by atoms with Gasteiger partial charge >= 0.3 is 0 Å². The van der Waals surface area contributed by atoms with Crippen molar-refractivity contribution in [1.82, 2.24) is 5.32 Å². The van der Waals surface area contributed by atoms with Crippen LogP contribution in [0.15, 0.2) is 35.9 Å². The fourth-order valence-corrected chi connectivity index (χ4v) is 1.74. The van der Waals surface area contributed by atoms with Crippen molar-refractivity contribution in [1.29, 1.82) is 0 Å². The third-order valence-corrected chi connectivity index (χ3v) is 2.82. The maximum atomic E-state index is 5.83. The number of nitrogens with one attached hydrogen (secondary N) is 1. The molecule has 1 unspecified atom stereocenters. The normalized spacial score (nSPS) is 12.0. The first kappa shape index (κ1) is 14.8. The Morgan fingerprint density at radius 3 is 2.72 bits per heavy atom. The number of rotatable bonds is 7. The van der Waals surface area contributed by atoms with Crippen LogP contribution in [0.25, 0.3) is 0 Å². The lowest BCUT2D eigenvalue weighted by molar-refractivity contribution is 0.353. The number of ether oxygens (including phenoxy) is 1. The monoisotopic (exact) mass is 247 g/mol. The summed E-state index contributed by atoms with van der Waals surface area (Å²) in [6.07, 6.45) is 3.24. The van der Waals surface area contributed by atoms with E-state index in [0.29, 0.717) is 12.6 Å². The van der Waals surface area contributed by atoms with E-state index in [-0.39, 0.29) is 0 Å². The number of benzene rings is 1. The van der Waals surface area contributed by atoms with Gasteiger partial charge in [-0.05, 0) is 45.9 Å². The van der Waals surface area contributed by atoms with Crippen molar-refractivity contribution in [2.75, 3.05) is 13.2 Å². The Morgan fingerprint density at radius 2 is 2.06 bits per heavy atom. The Kier molecular flexibility index (Phi) is 6.51. The van der Waals surface area contributed by atoms with Gasteiger partial charge in [0.1, 0.15) is 12.4 Å². The van der Waals surface area contributed by atoms with Crippen LogP contribution in [0, 0.1) is 0 Å². The van der Waals surface area contributed by atoms with Crippen LogP contribution in [0.5, 0.6) is 5.75 Å². The summed E-state index contributed by atoms with van der Waals surface area (Å²) in [5.74, 6) is 0.978. The summed E-state index contributed by atoms with van der Waals surface area (Å²) in [5, 5.41) is 3.49. The number of hydrogen-bond acceptors (Lipinski definition) is 2. The van der Waals surface area contributed by atoms with Crippen molar-refractivity contribution in [2.24, 2.45) is 0 Å². The van der Waals surface area contributed by atoms with Crippen molar-refractivity contribution >= 4 is 0 Å². The van der Waals surface area contributed by atoms with Gasteiger partial charge < -0.3 is 10.1 Å². The molecule has 0 radical (unpaired) electrons. The lowest BCUT2D eigenvalue weighted by Gasteiger charge is -2.17. The van der Waals surface area contributed by atoms with Gasteiger partial charge in [0.05, 0.1) is 0 Å². The summed E-state index contributed by atoms with van der Waals surface area (Å²) in [6.45, 7) is 10.2. The molecule has 1 N–H and O–H groups in total. The van der Waals surface area contributed by atoms with Crippen LogP contribution in [0.1, 0.15) is 45.7 Å². The molecule has 0 spiro atoms. The highest BCUT2D eigenvalue weighted by Crippen LogP contribution is 2.24. The molecule has 1 aromatic rings. The lowest BCUT2D eigenvalue weighted by atomic mass is 10.1. The smallest absolute Gasteiger partial charge is 0.124 e. The van der Waals surface area contributed by atoms with E-state index in [1.165, 1.54) is 11.1 Å². The van der Waals surface area contributed by atoms with Crippen LogP contribution in [0.4, 0.5) is 0 Å². The van der Waals surface area contributed by atoms with Gasteiger partial charge in [0.25, 0.3) is 0 Å². The van der Waals surface area contributed by atoms with Crippen molar-refractivity contribution in [3.05, 3.63) is 41.5 Å². The Bertz CT molecular complexity index is 380. The molecule has 0 aromatic heterocycles. The zero-order chi connectivity index (χ0) is 13.4. The second-order valence-corrected chi connectivity index (χ2v) is 4.81. The van der Waals surface area contributed by atoms with Crippen LogP contribution in [-0.4, -0.2) is 13.2 Å². The topological polar surface area (TPSA) is 21.3 Å². The van der Waals surface area contributed by atoms with Gasteiger partial charge in [-0.3, -0.25) is 0 Å². The zero-order valence-corrected chi connectivity index (χ0v) is 12.0. The van der Waals surface area contributed by atoms with E-state index in [1.54, 1.807) is 0 Å². The minimum absolute atomic E-state index is 0.327. The molecule has 0 fully saturated rings. The van der Waals surface area contributed by atoms with Crippen LogP contribution in [-0.2, 0) is 0 Å². The summed E-state index contributed by atoms with van der Waals surface area (Å²) < 4.78 is 5.83. The summed E-state index contributed by atoms with van der Waals surface area (Å²) >= 11 is 0. The fraction of sp³-hybridized carbons (Fsp3) is 0.500. The molecule has 18 heavy (non-hydrogen) atoms. The molecule has 0 saturated carbocycles. The largest absolute Gasteiger partial charge is 0.489 e. The summed E-state index contributed by atoms with van der Waals surface area (Å²) in [4.78, 5) is 0. The van der Waals surface area contributed by atoms with E-state index < -0.39 is 0 Å². The van der Waals surface area contributed by atoms with Crippen molar-refractivity contribution < 1.29 is 4.74 Å². The average Bonchev–Trinajstić information content (AvgIpc) is 2.36. The lowest BCUT2D eigenvalue weighted by Crippen LogP contribution is -2.20. The minimum atomic E-state index is 0.327. The highest BCUT2D eigenvalue weighted by atomic mass is 16.5. The third-order valence-electron chi connectivity index (χ3n) is 2.82. The van der Waals surface area contributed by atoms with Crippen molar-refractivity contribution in [2.45, 2.75) is 40.2 Å². The average molecular weight is 247 g/mol. The minimum Gasteiger partial charge on any atom is -0.489 e. The maximum absolute atomic E-state index is 5.83. The molecule has 0 aliphatic carbocycles.